The summed E-state index contributed by atoms with van der Waals surface area (Å²) in [6.45, 7) is 3.39. The molecule has 2 N–H and O–H groups in total. The van der Waals surface area contributed by atoms with Crippen molar-refractivity contribution in [2.45, 2.75) is 13.3 Å². The molecule has 0 radical (unpaired) electrons. The number of nitrogens with one attached hydrogen (secondary N) is 2. The number of rotatable bonds is 5. The fourth-order valence-electron chi connectivity index (χ4n) is 1.80. The summed E-state index contributed by atoms with van der Waals surface area (Å²) in [6.07, 6.45) is -0.130. The Labute approximate surface area is 102 Å². The Bertz CT molecular complexity index is 357. The number of carbonyl (C=O) groups excluding carboxylic acids is 1. The van der Waals surface area contributed by atoms with Gasteiger partial charge in [-0.3, -0.25) is 0 Å². The Kier molecular flexibility index (Phi) is 5.16. The normalized spacial score (nSPS) is 21.4. The average molecular weight is 265 g/mol. The van der Waals surface area contributed by atoms with Crippen LogP contribution < -0.4 is 10.0 Å². The zero-order chi connectivity index (χ0) is 12.9. The number of hydrogen-bond donors (Lipinski definition) is 2. The topological polar surface area (TPSA) is 87.7 Å². The second kappa shape index (κ2) is 6.18. The lowest BCUT2D eigenvalue weighted by Crippen LogP contribution is -2.42. The van der Waals surface area contributed by atoms with Crippen molar-refractivity contribution in [2.24, 2.45) is 5.92 Å². The first-order valence-corrected chi connectivity index (χ1v) is 7.02. The van der Waals surface area contributed by atoms with Crippen LogP contribution in [0.15, 0.2) is 0 Å². The van der Waals surface area contributed by atoms with Crippen LogP contribution in [-0.2, 0) is 14.9 Å². The third-order valence-electron chi connectivity index (χ3n) is 2.57. The number of ether oxygens (including phenoxy) is 1. The van der Waals surface area contributed by atoms with Crippen molar-refractivity contribution in [1.29, 1.82) is 0 Å². The Morgan fingerprint density at radius 3 is 2.82 bits per heavy atom. The smallest absolute Gasteiger partial charge is 0.421 e. The Morgan fingerprint density at radius 1 is 1.53 bits per heavy atom. The predicted molar refractivity (Wildman–Crippen MR) is 62.7 cm³/mol. The van der Waals surface area contributed by atoms with Gasteiger partial charge in [0.15, 0.2) is 0 Å². The number of carbonyl (C=O) groups is 1. The van der Waals surface area contributed by atoms with Crippen LogP contribution >= 0.6 is 0 Å². The fraction of sp³-hybridized carbons (Fsp3) is 0.889. The zero-order valence-electron chi connectivity index (χ0n) is 10.1. The van der Waals surface area contributed by atoms with Crippen LogP contribution in [0.1, 0.15) is 13.3 Å². The minimum atomic E-state index is -3.75. The van der Waals surface area contributed by atoms with Crippen molar-refractivity contribution >= 4 is 16.3 Å². The molecule has 1 heterocycles. The summed E-state index contributed by atoms with van der Waals surface area (Å²) in [5.41, 5.74) is 0. The van der Waals surface area contributed by atoms with E-state index >= 15 is 0 Å². The number of amides is 1. The quantitative estimate of drug-likeness (QED) is 0.701. The molecule has 1 saturated heterocycles. The first-order chi connectivity index (χ1) is 7.99. The van der Waals surface area contributed by atoms with Gasteiger partial charge in [0.2, 0.25) is 0 Å². The molecule has 0 bridgehead atoms. The average Bonchev–Trinajstić information content (AvgIpc) is 2.67. The van der Waals surface area contributed by atoms with Crippen molar-refractivity contribution in [1.82, 2.24) is 14.3 Å². The molecule has 1 aliphatic rings. The van der Waals surface area contributed by atoms with Crippen molar-refractivity contribution in [3.63, 3.8) is 0 Å². The van der Waals surface area contributed by atoms with Gasteiger partial charge in [-0.05, 0) is 32.9 Å². The molecule has 17 heavy (non-hydrogen) atoms. The minimum Gasteiger partial charge on any atom is -0.449 e. The van der Waals surface area contributed by atoms with Gasteiger partial charge in [0.05, 0.1) is 6.61 Å². The summed E-state index contributed by atoms with van der Waals surface area (Å²) in [6, 6.07) is 0. The molecule has 1 atom stereocenters. The molecular formula is C9H19N3O4S. The van der Waals surface area contributed by atoms with Gasteiger partial charge in [0.25, 0.3) is 0 Å². The third kappa shape index (κ3) is 4.14. The first kappa shape index (κ1) is 14.2. The first-order valence-electron chi connectivity index (χ1n) is 5.58. The highest BCUT2D eigenvalue weighted by Gasteiger charge is 2.32. The number of hydrogen-bond acceptors (Lipinski definition) is 5. The summed E-state index contributed by atoms with van der Waals surface area (Å²) in [5.74, 6) is 0.291. The lowest BCUT2D eigenvalue weighted by atomic mass is 10.1. The van der Waals surface area contributed by atoms with Gasteiger partial charge in [0.1, 0.15) is 0 Å². The van der Waals surface area contributed by atoms with E-state index in [2.05, 4.69) is 10.1 Å². The molecule has 8 heteroatoms. The van der Waals surface area contributed by atoms with Gasteiger partial charge < -0.3 is 10.1 Å². The van der Waals surface area contributed by atoms with Crippen LogP contribution in [0.2, 0.25) is 0 Å². The molecule has 1 aliphatic heterocycles. The van der Waals surface area contributed by atoms with E-state index in [-0.39, 0.29) is 6.61 Å². The maximum Gasteiger partial charge on any atom is 0.421 e. The van der Waals surface area contributed by atoms with E-state index in [9.17, 15) is 13.2 Å². The Balaban J connectivity index is 2.52. The fourth-order valence-corrected chi connectivity index (χ4v) is 2.95. The summed E-state index contributed by atoms with van der Waals surface area (Å²) in [4.78, 5) is 11.1. The maximum atomic E-state index is 11.8. The molecule has 1 fully saturated rings. The second-order valence-electron chi connectivity index (χ2n) is 3.90. The highest BCUT2D eigenvalue weighted by atomic mass is 32.2. The lowest BCUT2D eigenvalue weighted by molar-refractivity contribution is 0.158. The van der Waals surface area contributed by atoms with Crippen LogP contribution in [0.3, 0.4) is 0 Å². The zero-order valence-corrected chi connectivity index (χ0v) is 10.9. The molecule has 0 spiro atoms. The van der Waals surface area contributed by atoms with Gasteiger partial charge >= 0.3 is 16.3 Å². The monoisotopic (exact) mass is 265 g/mol. The van der Waals surface area contributed by atoms with Crippen molar-refractivity contribution < 1.29 is 17.9 Å². The molecule has 1 rings (SSSR count). The summed E-state index contributed by atoms with van der Waals surface area (Å²) >= 11 is 0. The van der Waals surface area contributed by atoms with E-state index in [1.165, 1.54) is 4.31 Å². The van der Waals surface area contributed by atoms with Crippen LogP contribution in [0.4, 0.5) is 4.79 Å². The van der Waals surface area contributed by atoms with Crippen LogP contribution in [0.25, 0.3) is 0 Å². The van der Waals surface area contributed by atoms with Gasteiger partial charge in [-0.2, -0.15) is 12.7 Å². The molecule has 7 nitrogen and oxygen atoms in total. The van der Waals surface area contributed by atoms with Gasteiger partial charge in [-0.25, -0.2) is 9.52 Å². The van der Waals surface area contributed by atoms with Gasteiger partial charge in [-0.15, -0.1) is 0 Å². The largest absolute Gasteiger partial charge is 0.449 e. The van der Waals surface area contributed by atoms with Crippen LogP contribution in [0.5, 0.6) is 0 Å². The third-order valence-corrected chi connectivity index (χ3v) is 4.01. The van der Waals surface area contributed by atoms with E-state index in [1.54, 1.807) is 6.92 Å². The minimum absolute atomic E-state index is 0.143. The van der Waals surface area contributed by atoms with Crippen molar-refractivity contribution in [2.75, 3.05) is 33.3 Å². The number of nitrogens with zero attached hydrogens (tertiary/aromatic N) is 1. The highest BCUT2D eigenvalue weighted by Crippen LogP contribution is 2.17. The van der Waals surface area contributed by atoms with E-state index in [1.807, 2.05) is 11.8 Å². The van der Waals surface area contributed by atoms with Gasteiger partial charge in [0, 0.05) is 13.1 Å². The standard InChI is InChI=1S/C9H19N3O4S/c1-3-16-9(13)11-17(14,15)12-5-4-8(7-12)6-10-2/h8,10H,3-7H2,1-2H3,(H,11,13). The maximum absolute atomic E-state index is 11.8. The van der Waals surface area contributed by atoms with E-state index in [4.69, 9.17) is 0 Å². The van der Waals surface area contributed by atoms with Crippen molar-refractivity contribution in [3.8, 4) is 0 Å². The Morgan fingerprint density at radius 2 is 2.24 bits per heavy atom. The molecule has 1 unspecified atom stereocenters. The highest BCUT2D eigenvalue weighted by molar-refractivity contribution is 7.87. The van der Waals surface area contributed by atoms with E-state index < -0.39 is 16.3 Å². The second-order valence-corrected chi connectivity index (χ2v) is 5.57. The Hall–Kier alpha value is -0.860. The summed E-state index contributed by atoms with van der Waals surface area (Å²) < 4.78 is 31.2. The predicted octanol–water partition coefficient (Wildman–Crippen LogP) is -0.481. The molecule has 1 amide bonds. The molecule has 0 saturated carbocycles. The van der Waals surface area contributed by atoms with Crippen LogP contribution in [-0.4, -0.2) is 52.1 Å². The molecule has 100 valence electrons. The van der Waals surface area contributed by atoms with Crippen molar-refractivity contribution in [3.05, 3.63) is 0 Å². The van der Waals surface area contributed by atoms with Gasteiger partial charge in [-0.1, -0.05) is 0 Å². The summed E-state index contributed by atoms with van der Waals surface area (Å²) in [5, 5.41) is 3.01. The van der Waals surface area contributed by atoms with Crippen LogP contribution in [0, 0.1) is 5.92 Å². The summed E-state index contributed by atoms with van der Waals surface area (Å²) in [7, 11) is -1.92. The molecule has 0 aromatic carbocycles. The molecule has 0 aliphatic carbocycles. The lowest BCUT2D eigenvalue weighted by Gasteiger charge is -2.16. The van der Waals surface area contributed by atoms with E-state index in [0.29, 0.717) is 19.0 Å². The van der Waals surface area contributed by atoms with E-state index in [0.717, 1.165) is 13.0 Å². The molecule has 0 aromatic rings. The molecular weight excluding hydrogens is 246 g/mol. The SMILES string of the molecule is CCOC(=O)NS(=O)(=O)N1CCC(CNC)C1. The molecule has 0 aromatic heterocycles.